The average Bonchev–Trinajstić information content (AvgIpc) is 3.38. The van der Waals surface area contributed by atoms with Gasteiger partial charge in [-0.25, -0.2) is 9.38 Å². The fourth-order valence-corrected chi connectivity index (χ4v) is 2.20. The normalized spacial score (nSPS) is 14.8. The summed E-state index contributed by atoms with van der Waals surface area (Å²) in [4.78, 5) is 8.78. The minimum Gasteiger partial charge on any atom is -0.270 e. The highest BCUT2D eigenvalue weighted by molar-refractivity contribution is 6.11. The molecule has 1 aliphatic rings. The van der Waals surface area contributed by atoms with Crippen molar-refractivity contribution < 1.29 is 4.39 Å². The van der Waals surface area contributed by atoms with E-state index in [1.807, 2.05) is 6.92 Å². The predicted octanol–water partition coefficient (Wildman–Crippen LogP) is 4.31. The van der Waals surface area contributed by atoms with Crippen molar-refractivity contribution in [2.24, 2.45) is 9.98 Å². The second kappa shape index (κ2) is 6.06. The molecule has 0 heterocycles. The summed E-state index contributed by atoms with van der Waals surface area (Å²) in [5, 5.41) is 0. The molecule has 0 N–H and O–H groups in total. The third kappa shape index (κ3) is 3.19. The molecule has 0 amide bonds. The number of aliphatic imine (C=N–C) groups is 2. The quantitative estimate of drug-likeness (QED) is 0.594. The lowest BCUT2D eigenvalue weighted by Gasteiger charge is -2.05. The van der Waals surface area contributed by atoms with E-state index in [0.29, 0.717) is 5.84 Å². The molecular weight excluding hydrogens is 275 g/mol. The molecule has 109 valence electrons. The molecule has 0 bridgehead atoms. The van der Waals surface area contributed by atoms with E-state index in [4.69, 9.17) is 0 Å². The molecular formula is C19H16FN2. The van der Waals surface area contributed by atoms with Crippen LogP contribution in [-0.4, -0.2) is 18.6 Å². The van der Waals surface area contributed by atoms with Crippen LogP contribution >= 0.6 is 0 Å². The lowest BCUT2D eigenvalue weighted by molar-refractivity contribution is 0.628. The molecule has 0 atom stereocenters. The van der Waals surface area contributed by atoms with Crippen molar-refractivity contribution in [3.8, 4) is 0 Å². The van der Waals surface area contributed by atoms with Crippen LogP contribution in [0.4, 0.5) is 4.39 Å². The van der Waals surface area contributed by atoms with Gasteiger partial charge in [0.15, 0.2) is 5.84 Å². The average molecular weight is 291 g/mol. The predicted molar refractivity (Wildman–Crippen MR) is 89.8 cm³/mol. The van der Waals surface area contributed by atoms with E-state index < -0.39 is 0 Å². The minimum absolute atomic E-state index is 0.262. The number of halogens is 1. The Balaban J connectivity index is 1.85. The van der Waals surface area contributed by atoms with E-state index in [0.717, 1.165) is 16.8 Å². The molecule has 2 aromatic carbocycles. The maximum absolute atomic E-state index is 13.0. The van der Waals surface area contributed by atoms with Crippen molar-refractivity contribution in [3.63, 3.8) is 0 Å². The molecule has 3 heteroatoms. The molecule has 0 saturated carbocycles. The van der Waals surface area contributed by atoms with Gasteiger partial charge in [-0.1, -0.05) is 30.3 Å². The summed E-state index contributed by atoms with van der Waals surface area (Å²) in [5.74, 6) is 0.335. The molecule has 0 fully saturated rings. The Morgan fingerprint density at radius 3 is 2.05 bits per heavy atom. The van der Waals surface area contributed by atoms with Crippen molar-refractivity contribution >= 4 is 17.1 Å². The molecule has 0 aliphatic heterocycles. The maximum atomic E-state index is 13.0. The molecule has 2 aromatic rings. The van der Waals surface area contributed by atoms with Gasteiger partial charge in [0, 0.05) is 24.7 Å². The van der Waals surface area contributed by atoms with Gasteiger partial charge in [0.25, 0.3) is 0 Å². The molecule has 22 heavy (non-hydrogen) atoms. The van der Waals surface area contributed by atoms with Gasteiger partial charge < -0.3 is 0 Å². The van der Waals surface area contributed by atoms with Crippen molar-refractivity contribution in [3.05, 3.63) is 83.5 Å². The van der Waals surface area contributed by atoms with Gasteiger partial charge in [-0.3, -0.25) is 4.99 Å². The van der Waals surface area contributed by atoms with Gasteiger partial charge in [0.1, 0.15) is 5.82 Å². The number of hydrogen-bond donors (Lipinski definition) is 0. The van der Waals surface area contributed by atoms with Gasteiger partial charge in [-0.2, -0.15) is 0 Å². The zero-order valence-corrected chi connectivity index (χ0v) is 12.5. The van der Waals surface area contributed by atoms with Crippen LogP contribution in [0.15, 0.2) is 64.6 Å². The fraction of sp³-hybridized carbons (Fsp3) is 0.105. The van der Waals surface area contributed by atoms with Crippen molar-refractivity contribution in [2.45, 2.75) is 6.92 Å². The highest BCUT2D eigenvalue weighted by Crippen LogP contribution is 2.29. The number of nitrogens with zero attached hydrogens (tertiary/aromatic N) is 2. The van der Waals surface area contributed by atoms with Gasteiger partial charge >= 0.3 is 0 Å². The Morgan fingerprint density at radius 2 is 1.50 bits per heavy atom. The van der Waals surface area contributed by atoms with Crippen LogP contribution in [0.25, 0.3) is 5.57 Å². The molecule has 2 nitrogen and oxygen atoms in total. The fourth-order valence-electron chi connectivity index (χ4n) is 2.20. The van der Waals surface area contributed by atoms with Gasteiger partial charge in [0.2, 0.25) is 0 Å². The first-order valence-corrected chi connectivity index (χ1v) is 7.11. The first-order valence-electron chi connectivity index (χ1n) is 7.11. The molecule has 0 unspecified atom stereocenters. The van der Waals surface area contributed by atoms with Crippen LogP contribution in [0.3, 0.4) is 0 Å². The zero-order valence-electron chi connectivity index (χ0n) is 12.5. The summed E-state index contributed by atoms with van der Waals surface area (Å²) >= 11 is 0. The Bertz CT molecular complexity index is 766. The lowest BCUT2D eigenvalue weighted by atomic mass is 10.1. The standard InChI is InChI=1S/C19H16FN2/c1-13(14-3-5-15(6-4-14)16-7-8-16)22-19(21-2)17-9-11-18(20)12-10-17/h3-12H,1-2H3. The zero-order chi connectivity index (χ0) is 15.5. The number of amidine groups is 1. The number of benzene rings is 2. The van der Waals surface area contributed by atoms with E-state index in [1.54, 1.807) is 19.2 Å². The van der Waals surface area contributed by atoms with Gasteiger partial charge in [-0.15, -0.1) is 0 Å². The van der Waals surface area contributed by atoms with Crippen molar-refractivity contribution in [1.29, 1.82) is 0 Å². The van der Waals surface area contributed by atoms with Crippen LogP contribution < -0.4 is 0 Å². The summed E-state index contributed by atoms with van der Waals surface area (Å²) < 4.78 is 13.0. The number of rotatable bonds is 3. The van der Waals surface area contributed by atoms with Crippen LogP contribution in [-0.2, 0) is 0 Å². The van der Waals surface area contributed by atoms with Crippen LogP contribution in [0.1, 0.15) is 23.6 Å². The topological polar surface area (TPSA) is 24.7 Å². The Labute approximate surface area is 129 Å². The van der Waals surface area contributed by atoms with Crippen LogP contribution in [0.5, 0.6) is 0 Å². The third-order valence-corrected chi connectivity index (χ3v) is 3.56. The first kappa shape index (κ1) is 14.4. The highest BCUT2D eigenvalue weighted by Gasteiger charge is 2.10. The summed E-state index contributed by atoms with van der Waals surface area (Å²) in [5.41, 5.74) is 5.24. The molecule has 3 rings (SSSR count). The monoisotopic (exact) mass is 291 g/mol. The number of allylic oxidation sites excluding steroid dienone is 2. The van der Waals surface area contributed by atoms with Crippen molar-refractivity contribution in [2.75, 3.05) is 7.05 Å². The number of hydrogen-bond acceptors (Lipinski definition) is 1. The van der Waals surface area contributed by atoms with Gasteiger partial charge in [0.05, 0.1) is 0 Å². The van der Waals surface area contributed by atoms with E-state index in [9.17, 15) is 4.39 Å². The van der Waals surface area contributed by atoms with E-state index >= 15 is 0 Å². The second-order valence-corrected chi connectivity index (χ2v) is 5.12. The summed E-state index contributed by atoms with van der Waals surface area (Å²) in [6.45, 7) is 1.95. The first-order chi connectivity index (χ1) is 10.7. The Morgan fingerprint density at radius 1 is 0.909 bits per heavy atom. The summed E-state index contributed by atoms with van der Waals surface area (Å²) in [6.07, 6.45) is 4.18. The summed E-state index contributed by atoms with van der Waals surface area (Å²) in [7, 11) is 1.69. The largest absolute Gasteiger partial charge is 0.270 e. The van der Waals surface area contributed by atoms with Crippen LogP contribution in [0.2, 0.25) is 0 Å². The Kier molecular flexibility index (Phi) is 3.96. The van der Waals surface area contributed by atoms with Gasteiger partial charge in [-0.05, 0) is 47.9 Å². The molecule has 0 saturated heterocycles. The maximum Gasteiger partial charge on any atom is 0.154 e. The Hall–Kier alpha value is -2.55. The van der Waals surface area contributed by atoms with Crippen LogP contribution in [0, 0.1) is 12.2 Å². The van der Waals surface area contributed by atoms with E-state index in [1.165, 1.54) is 23.3 Å². The SMILES string of the molecule is CN=C(N=C(C)c1ccc(C2=C[CH]2)cc1)c1ccc(F)cc1. The lowest BCUT2D eigenvalue weighted by Crippen LogP contribution is -2.03. The third-order valence-electron chi connectivity index (χ3n) is 3.56. The van der Waals surface area contributed by atoms with E-state index in [-0.39, 0.29) is 5.82 Å². The molecule has 1 aliphatic carbocycles. The molecule has 0 spiro atoms. The van der Waals surface area contributed by atoms with Crippen molar-refractivity contribution in [1.82, 2.24) is 0 Å². The molecule has 1 radical (unpaired) electrons. The smallest absolute Gasteiger partial charge is 0.154 e. The highest BCUT2D eigenvalue weighted by atomic mass is 19.1. The van der Waals surface area contributed by atoms with E-state index in [2.05, 4.69) is 46.7 Å². The second-order valence-electron chi connectivity index (χ2n) is 5.12. The minimum atomic E-state index is -0.262. The molecule has 0 aromatic heterocycles. The summed E-state index contributed by atoms with van der Waals surface area (Å²) in [6, 6.07) is 14.5.